The van der Waals surface area contributed by atoms with Gasteiger partial charge in [0, 0.05) is 11.6 Å². The summed E-state index contributed by atoms with van der Waals surface area (Å²) in [6.45, 7) is 0. The van der Waals surface area contributed by atoms with E-state index in [2.05, 4.69) is 22.1 Å². The lowest BCUT2D eigenvalue weighted by Gasteiger charge is -1.95. The first-order valence-electron chi connectivity index (χ1n) is 6.11. The molecule has 0 N–H and O–H groups in total. The summed E-state index contributed by atoms with van der Waals surface area (Å²) in [7, 11) is 0. The number of pyridine rings is 1. The molecule has 3 nitrogen and oxygen atoms in total. The van der Waals surface area contributed by atoms with Crippen molar-refractivity contribution in [3.8, 4) is 11.6 Å². The monoisotopic (exact) mass is 246 g/mol. The lowest BCUT2D eigenvalue weighted by atomic mass is 10.1. The van der Waals surface area contributed by atoms with E-state index in [1.807, 2.05) is 42.5 Å². The van der Waals surface area contributed by atoms with Crippen molar-refractivity contribution in [1.82, 2.24) is 9.97 Å². The first-order chi connectivity index (χ1) is 9.42. The minimum Gasteiger partial charge on any atom is -0.435 e. The third kappa shape index (κ3) is 1.59. The summed E-state index contributed by atoms with van der Waals surface area (Å²) >= 11 is 0. The molecule has 0 saturated heterocycles. The molecule has 90 valence electrons. The standard InChI is InChI=1S/C16H10N2O/c1-2-6-12-11(5-1)8-9-14-15(12)18-16(19-14)13-7-3-4-10-17-13/h1-10H. The van der Waals surface area contributed by atoms with Crippen molar-refractivity contribution >= 4 is 21.9 Å². The maximum atomic E-state index is 5.79. The number of benzene rings is 2. The third-order valence-electron chi connectivity index (χ3n) is 3.17. The van der Waals surface area contributed by atoms with Gasteiger partial charge in [-0.15, -0.1) is 0 Å². The molecule has 0 fully saturated rings. The van der Waals surface area contributed by atoms with Gasteiger partial charge in [-0.1, -0.05) is 36.4 Å². The molecule has 0 aliphatic rings. The normalized spacial score (nSPS) is 11.2. The summed E-state index contributed by atoms with van der Waals surface area (Å²) in [5, 5.41) is 2.27. The Morgan fingerprint density at radius 3 is 2.63 bits per heavy atom. The molecule has 0 saturated carbocycles. The van der Waals surface area contributed by atoms with Gasteiger partial charge in [-0.2, -0.15) is 0 Å². The summed E-state index contributed by atoms with van der Waals surface area (Å²) in [5.74, 6) is 0.562. The van der Waals surface area contributed by atoms with Crippen molar-refractivity contribution in [3.63, 3.8) is 0 Å². The Kier molecular flexibility index (Phi) is 2.12. The van der Waals surface area contributed by atoms with Crippen LogP contribution in [-0.4, -0.2) is 9.97 Å². The van der Waals surface area contributed by atoms with Crippen molar-refractivity contribution in [2.24, 2.45) is 0 Å². The van der Waals surface area contributed by atoms with Gasteiger partial charge in [-0.25, -0.2) is 4.98 Å². The Morgan fingerprint density at radius 2 is 1.74 bits per heavy atom. The van der Waals surface area contributed by atoms with Gasteiger partial charge in [-0.3, -0.25) is 4.98 Å². The van der Waals surface area contributed by atoms with E-state index in [0.717, 1.165) is 27.6 Å². The molecule has 0 aliphatic carbocycles. The van der Waals surface area contributed by atoms with Gasteiger partial charge < -0.3 is 4.42 Å². The maximum absolute atomic E-state index is 5.79. The fourth-order valence-electron chi connectivity index (χ4n) is 2.26. The summed E-state index contributed by atoms with van der Waals surface area (Å²) < 4.78 is 5.79. The van der Waals surface area contributed by atoms with Gasteiger partial charge in [-0.05, 0) is 23.6 Å². The SMILES string of the molecule is c1ccc(-c2nc3c(ccc4ccccc43)o2)nc1. The second-order valence-electron chi connectivity index (χ2n) is 4.37. The van der Waals surface area contributed by atoms with Crippen molar-refractivity contribution in [1.29, 1.82) is 0 Å². The first kappa shape index (κ1) is 10.3. The quantitative estimate of drug-likeness (QED) is 0.508. The molecule has 2 aromatic carbocycles. The van der Waals surface area contributed by atoms with Crippen LogP contribution in [0.15, 0.2) is 65.2 Å². The van der Waals surface area contributed by atoms with Crippen LogP contribution in [-0.2, 0) is 0 Å². The molecule has 2 aromatic heterocycles. The maximum Gasteiger partial charge on any atom is 0.246 e. The third-order valence-corrected chi connectivity index (χ3v) is 3.17. The molecule has 2 heterocycles. The Bertz CT molecular complexity index is 866. The van der Waals surface area contributed by atoms with Crippen molar-refractivity contribution in [2.75, 3.05) is 0 Å². The minimum absolute atomic E-state index is 0.562. The number of aromatic nitrogens is 2. The lowest BCUT2D eigenvalue weighted by Crippen LogP contribution is -1.80. The predicted molar refractivity (Wildman–Crippen MR) is 74.7 cm³/mol. The number of nitrogens with zero attached hydrogens (tertiary/aromatic N) is 2. The number of rotatable bonds is 1. The van der Waals surface area contributed by atoms with Crippen molar-refractivity contribution < 1.29 is 4.42 Å². The Morgan fingerprint density at radius 1 is 0.842 bits per heavy atom. The zero-order valence-corrected chi connectivity index (χ0v) is 10.1. The van der Waals surface area contributed by atoms with Crippen LogP contribution in [0.2, 0.25) is 0 Å². The fourth-order valence-corrected chi connectivity index (χ4v) is 2.26. The van der Waals surface area contributed by atoms with Gasteiger partial charge in [0.15, 0.2) is 5.58 Å². The summed E-state index contributed by atoms with van der Waals surface area (Å²) in [6.07, 6.45) is 1.74. The second kappa shape index (κ2) is 3.92. The van der Waals surface area contributed by atoms with Gasteiger partial charge in [0.05, 0.1) is 0 Å². The Balaban J connectivity index is 2.04. The van der Waals surface area contributed by atoms with Gasteiger partial charge in [0.1, 0.15) is 11.2 Å². The van der Waals surface area contributed by atoms with E-state index in [0.29, 0.717) is 5.89 Å². The summed E-state index contributed by atoms with van der Waals surface area (Å²) in [6, 6.07) is 17.9. The molecular formula is C16H10N2O. The van der Waals surface area contributed by atoms with Crippen LogP contribution in [0.25, 0.3) is 33.5 Å². The molecule has 0 bridgehead atoms. The van der Waals surface area contributed by atoms with Crippen molar-refractivity contribution in [3.05, 3.63) is 60.8 Å². The average molecular weight is 246 g/mol. The molecule has 0 amide bonds. The number of fused-ring (bicyclic) bond motifs is 3. The predicted octanol–water partition coefficient (Wildman–Crippen LogP) is 4.04. The molecule has 4 aromatic rings. The van der Waals surface area contributed by atoms with Crippen LogP contribution >= 0.6 is 0 Å². The number of oxazole rings is 1. The number of hydrogen-bond donors (Lipinski definition) is 0. The Hall–Kier alpha value is -2.68. The smallest absolute Gasteiger partial charge is 0.246 e. The van der Waals surface area contributed by atoms with Crippen LogP contribution in [0.5, 0.6) is 0 Å². The minimum atomic E-state index is 0.562. The molecule has 0 spiro atoms. The molecule has 0 atom stereocenters. The fraction of sp³-hybridized carbons (Fsp3) is 0. The Labute approximate surface area is 109 Å². The molecular weight excluding hydrogens is 236 g/mol. The zero-order valence-electron chi connectivity index (χ0n) is 10.1. The molecule has 19 heavy (non-hydrogen) atoms. The average Bonchev–Trinajstić information content (AvgIpc) is 2.93. The second-order valence-corrected chi connectivity index (χ2v) is 4.37. The molecule has 0 unspecified atom stereocenters. The highest BCUT2D eigenvalue weighted by atomic mass is 16.3. The van der Waals surface area contributed by atoms with Crippen LogP contribution in [0.4, 0.5) is 0 Å². The first-order valence-corrected chi connectivity index (χ1v) is 6.11. The van der Waals surface area contributed by atoms with E-state index in [-0.39, 0.29) is 0 Å². The van der Waals surface area contributed by atoms with Gasteiger partial charge >= 0.3 is 0 Å². The van der Waals surface area contributed by atoms with E-state index in [1.54, 1.807) is 6.20 Å². The van der Waals surface area contributed by atoms with Crippen LogP contribution in [0, 0.1) is 0 Å². The zero-order chi connectivity index (χ0) is 12.7. The largest absolute Gasteiger partial charge is 0.435 e. The highest BCUT2D eigenvalue weighted by Crippen LogP contribution is 2.28. The van der Waals surface area contributed by atoms with Crippen LogP contribution in [0.1, 0.15) is 0 Å². The lowest BCUT2D eigenvalue weighted by molar-refractivity contribution is 0.617. The summed E-state index contributed by atoms with van der Waals surface area (Å²) in [5.41, 5.74) is 2.43. The van der Waals surface area contributed by atoms with Gasteiger partial charge in [0.2, 0.25) is 5.89 Å². The highest BCUT2D eigenvalue weighted by molar-refractivity contribution is 6.03. The molecule has 4 rings (SSSR count). The van der Waals surface area contributed by atoms with E-state index in [1.165, 1.54) is 0 Å². The molecule has 0 radical (unpaired) electrons. The highest BCUT2D eigenvalue weighted by Gasteiger charge is 2.10. The van der Waals surface area contributed by atoms with Crippen LogP contribution < -0.4 is 0 Å². The molecule has 0 aliphatic heterocycles. The molecule has 3 heteroatoms. The van der Waals surface area contributed by atoms with Crippen LogP contribution in [0.3, 0.4) is 0 Å². The van der Waals surface area contributed by atoms with Gasteiger partial charge in [0.25, 0.3) is 0 Å². The number of hydrogen-bond acceptors (Lipinski definition) is 3. The van der Waals surface area contributed by atoms with E-state index >= 15 is 0 Å². The van der Waals surface area contributed by atoms with E-state index in [4.69, 9.17) is 4.42 Å². The summed E-state index contributed by atoms with van der Waals surface area (Å²) in [4.78, 5) is 8.85. The van der Waals surface area contributed by atoms with E-state index < -0.39 is 0 Å². The van der Waals surface area contributed by atoms with Crippen molar-refractivity contribution in [2.45, 2.75) is 0 Å². The van der Waals surface area contributed by atoms with E-state index in [9.17, 15) is 0 Å². The topological polar surface area (TPSA) is 38.9 Å².